The summed E-state index contributed by atoms with van der Waals surface area (Å²) in [6.45, 7) is 1.95. The quantitative estimate of drug-likeness (QED) is 0.659. The highest BCUT2D eigenvalue weighted by Crippen LogP contribution is 2.16. The zero-order valence-electron chi connectivity index (χ0n) is 7.07. The van der Waals surface area contributed by atoms with E-state index in [0.717, 1.165) is 5.56 Å². The van der Waals surface area contributed by atoms with Crippen molar-refractivity contribution in [1.29, 1.82) is 0 Å². The maximum atomic E-state index is 9.33. The van der Waals surface area contributed by atoms with Gasteiger partial charge < -0.3 is 5.11 Å². The predicted molar refractivity (Wildman–Crippen MR) is 52.0 cm³/mol. The summed E-state index contributed by atoms with van der Waals surface area (Å²) in [7, 11) is 0. The number of hydrogen-bond donors (Lipinski definition) is 1. The van der Waals surface area contributed by atoms with Crippen molar-refractivity contribution in [3.05, 3.63) is 48.1 Å². The van der Waals surface area contributed by atoms with Gasteiger partial charge in [-0.15, -0.1) is 0 Å². The topological polar surface area (TPSA) is 20.2 Å². The van der Waals surface area contributed by atoms with E-state index in [-0.39, 0.29) is 0 Å². The van der Waals surface area contributed by atoms with Crippen LogP contribution in [0.1, 0.15) is 12.5 Å². The van der Waals surface area contributed by atoms with Crippen LogP contribution in [0.5, 0.6) is 5.75 Å². The lowest BCUT2D eigenvalue weighted by atomic mass is 10.2. The zero-order valence-corrected chi connectivity index (χ0v) is 7.07. The van der Waals surface area contributed by atoms with E-state index in [1.807, 2.05) is 49.4 Å². The minimum atomic E-state index is 0.318. The molecule has 1 heteroatoms. The maximum absolute atomic E-state index is 9.33. The average Bonchev–Trinajstić information content (AvgIpc) is 2.09. The fourth-order valence-corrected chi connectivity index (χ4v) is 0.899. The Morgan fingerprint density at radius 1 is 1.17 bits per heavy atom. The van der Waals surface area contributed by atoms with E-state index in [1.54, 1.807) is 6.07 Å². The van der Waals surface area contributed by atoms with Gasteiger partial charge in [0.15, 0.2) is 0 Å². The van der Waals surface area contributed by atoms with Gasteiger partial charge in [-0.2, -0.15) is 0 Å². The summed E-state index contributed by atoms with van der Waals surface area (Å²) in [6, 6.07) is 7.25. The molecule has 0 radical (unpaired) electrons. The van der Waals surface area contributed by atoms with E-state index in [2.05, 4.69) is 0 Å². The summed E-state index contributed by atoms with van der Waals surface area (Å²) in [5, 5.41) is 9.33. The first-order chi connectivity index (χ1) is 5.84. The summed E-state index contributed by atoms with van der Waals surface area (Å²) in [5.74, 6) is 0.318. The molecule has 0 unspecified atom stereocenters. The summed E-state index contributed by atoms with van der Waals surface area (Å²) >= 11 is 0. The molecule has 1 N–H and O–H groups in total. The van der Waals surface area contributed by atoms with Crippen LogP contribution in [0.25, 0.3) is 6.08 Å². The maximum Gasteiger partial charge on any atom is 0.122 e. The van der Waals surface area contributed by atoms with Gasteiger partial charge in [0.05, 0.1) is 0 Å². The van der Waals surface area contributed by atoms with E-state index < -0.39 is 0 Å². The highest BCUT2D eigenvalue weighted by atomic mass is 16.3. The van der Waals surface area contributed by atoms with Gasteiger partial charge in [-0.1, -0.05) is 42.5 Å². The second-order valence-corrected chi connectivity index (χ2v) is 2.44. The van der Waals surface area contributed by atoms with Gasteiger partial charge in [-0.3, -0.25) is 0 Å². The monoisotopic (exact) mass is 160 g/mol. The van der Waals surface area contributed by atoms with Gasteiger partial charge >= 0.3 is 0 Å². The van der Waals surface area contributed by atoms with Crippen molar-refractivity contribution in [3.8, 4) is 5.75 Å². The van der Waals surface area contributed by atoms with Crippen molar-refractivity contribution < 1.29 is 5.11 Å². The minimum Gasteiger partial charge on any atom is -0.507 e. The van der Waals surface area contributed by atoms with Crippen LogP contribution in [0.15, 0.2) is 42.5 Å². The van der Waals surface area contributed by atoms with Gasteiger partial charge in [0.25, 0.3) is 0 Å². The fraction of sp³-hybridized carbons (Fsp3) is 0.0909. The van der Waals surface area contributed by atoms with Gasteiger partial charge in [0.2, 0.25) is 0 Å². The first-order valence-corrected chi connectivity index (χ1v) is 3.92. The van der Waals surface area contributed by atoms with Crippen LogP contribution in [-0.2, 0) is 0 Å². The molecular weight excluding hydrogens is 148 g/mol. The van der Waals surface area contributed by atoms with E-state index >= 15 is 0 Å². The van der Waals surface area contributed by atoms with Crippen LogP contribution in [0.3, 0.4) is 0 Å². The molecule has 62 valence electrons. The fourth-order valence-electron chi connectivity index (χ4n) is 0.899. The second-order valence-electron chi connectivity index (χ2n) is 2.44. The number of benzene rings is 1. The van der Waals surface area contributed by atoms with E-state index in [9.17, 15) is 5.11 Å². The third kappa shape index (κ3) is 2.27. The summed E-state index contributed by atoms with van der Waals surface area (Å²) < 4.78 is 0. The summed E-state index contributed by atoms with van der Waals surface area (Å²) in [4.78, 5) is 0. The third-order valence-corrected chi connectivity index (χ3v) is 1.52. The van der Waals surface area contributed by atoms with E-state index in [4.69, 9.17) is 0 Å². The number of para-hydroxylation sites is 1. The molecule has 0 aliphatic rings. The Hall–Kier alpha value is -1.50. The van der Waals surface area contributed by atoms with E-state index in [1.165, 1.54) is 0 Å². The molecule has 0 aromatic heterocycles. The number of hydrogen-bond acceptors (Lipinski definition) is 1. The van der Waals surface area contributed by atoms with Crippen molar-refractivity contribution in [2.24, 2.45) is 0 Å². The molecule has 1 aromatic rings. The Bertz CT molecular complexity index is 298. The highest BCUT2D eigenvalue weighted by molar-refractivity contribution is 5.57. The van der Waals surface area contributed by atoms with Gasteiger partial charge in [0, 0.05) is 5.56 Å². The smallest absolute Gasteiger partial charge is 0.122 e. The third-order valence-electron chi connectivity index (χ3n) is 1.52. The summed E-state index contributed by atoms with van der Waals surface area (Å²) in [6.07, 6.45) is 7.63. The average molecular weight is 160 g/mol. The molecule has 0 spiro atoms. The van der Waals surface area contributed by atoms with Gasteiger partial charge in [-0.25, -0.2) is 0 Å². The van der Waals surface area contributed by atoms with Gasteiger partial charge in [-0.05, 0) is 13.0 Å². The van der Waals surface area contributed by atoms with Crippen LogP contribution in [-0.4, -0.2) is 5.11 Å². The molecule has 0 bridgehead atoms. The van der Waals surface area contributed by atoms with Crippen LogP contribution in [0.4, 0.5) is 0 Å². The highest BCUT2D eigenvalue weighted by Gasteiger charge is 1.91. The molecule has 0 saturated heterocycles. The normalized spacial score (nSPS) is 11.4. The number of rotatable bonds is 2. The number of aromatic hydroxyl groups is 1. The molecule has 0 aliphatic heterocycles. The van der Waals surface area contributed by atoms with Crippen molar-refractivity contribution in [2.75, 3.05) is 0 Å². The number of phenols is 1. The van der Waals surface area contributed by atoms with Crippen LogP contribution >= 0.6 is 0 Å². The van der Waals surface area contributed by atoms with Crippen LogP contribution in [0, 0.1) is 0 Å². The van der Waals surface area contributed by atoms with E-state index in [0.29, 0.717) is 5.75 Å². The first kappa shape index (κ1) is 8.60. The lowest BCUT2D eigenvalue weighted by Crippen LogP contribution is -1.71. The molecule has 0 aliphatic carbocycles. The Kier molecular flexibility index (Phi) is 3.15. The molecule has 1 aromatic carbocycles. The Balaban J connectivity index is 2.82. The lowest BCUT2D eigenvalue weighted by Gasteiger charge is -1.95. The Labute approximate surface area is 72.7 Å². The molecule has 0 atom stereocenters. The van der Waals surface area contributed by atoms with Gasteiger partial charge in [0.1, 0.15) is 5.75 Å². The predicted octanol–water partition coefficient (Wildman–Crippen LogP) is 2.98. The number of allylic oxidation sites excluding steroid dienone is 3. The SMILES string of the molecule is C/C=C/C=C\c1ccccc1O. The molecule has 0 amide bonds. The molecule has 12 heavy (non-hydrogen) atoms. The molecule has 0 saturated carbocycles. The molecule has 1 nitrogen and oxygen atoms in total. The van der Waals surface area contributed by atoms with Crippen molar-refractivity contribution >= 4 is 6.08 Å². The van der Waals surface area contributed by atoms with Crippen molar-refractivity contribution in [1.82, 2.24) is 0 Å². The zero-order chi connectivity index (χ0) is 8.81. The summed E-state index contributed by atoms with van der Waals surface area (Å²) in [5.41, 5.74) is 0.843. The first-order valence-electron chi connectivity index (χ1n) is 3.92. The van der Waals surface area contributed by atoms with Crippen molar-refractivity contribution in [2.45, 2.75) is 6.92 Å². The van der Waals surface area contributed by atoms with Crippen LogP contribution < -0.4 is 0 Å². The van der Waals surface area contributed by atoms with Crippen LogP contribution in [0.2, 0.25) is 0 Å². The minimum absolute atomic E-state index is 0.318. The molecule has 1 rings (SSSR count). The molecular formula is C11H12O. The Morgan fingerprint density at radius 3 is 2.58 bits per heavy atom. The molecule has 0 heterocycles. The molecule has 0 fully saturated rings. The number of phenolic OH excluding ortho intramolecular Hbond substituents is 1. The largest absolute Gasteiger partial charge is 0.507 e. The second kappa shape index (κ2) is 4.39. The van der Waals surface area contributed by atoms with Crippen molar-refractivity contribution in [3.63, 3.8) is 0 Å². The Morgan fingerprint density at radius 2 is 1.92 bits per heavy atom. The standard InChI is InChI=1S/C11H12O/c1-2-3-4-7-10-8-5-6-9-11(10)12/h2-9,12H,1H3/b3-2+,7-4-. The lowest BCUT2D eigenvalue weighted by molar-refractivity contribution is 0.474.